The van der Waals surface area contributed by atoms with E-state index >= 15 is 0 Å². The van der Waals surface area contributed by atoms with Crippen molar-refractivity contribution in [2.24, 2.45) is 5.10 Å². The molecule has 0 atom stereocenters. The maximum Gasteiger partial charge on any atom is 0.271 e. The molecule has 0 unspecified atom stereocenters. The van der Waals surface area contributed by atoms with Crippen LogP contribution in [0, 0.1) is 6.92 Å². The number of hydrogen-bond acceptors (Lipinski definition) is 3. The highest BCUT2D eigenvalue weighted by Crippen LogP contribution is 2.13. The summed E-state index contributed by atoms with van der Waals surface area (Å²) in [5.74, 6) is -0.473. The molecule has 5 nitrogen and oxygen atoms in total. The molecule has 2 aromatic carbocycles. The fourth-order valence-electron chi connectivity index (χ4n) is 1.98. The lowest BCUT2D eigenvalue weighted by Gasteiger charge is -2.08. The van der Waals surface area contributed by atoms with Crippen LogP contribution in [0.5, 0.6) is 0 Å². The van der Waals surface area contributed by atoms with Gasteiger partial charge in [-0.15, -0.1) is 0 Å². The predicted octanol–water partition coefficient (Wildman–Crippen LogP) is 3.13. The topological polar surface area (TPSA) is 70.6 Å². The molecule has 2 aromatic rings. The van der Waals surface area contributed by atoms with Gasteiger partial charge < -0.3 is 5.32 Å². The quantitative estimate of drug-likeness (QED) is 0.658. The van der Waals surface area contributed by atoms with Gasteiger partial charge in [0.1, 0.15) is 0 Å². The molecule has 0 bridgehead atoms. The van der Waals surface area contributed by atoms with Gasteiger partial charge in [-0.25, -0.2) is 5.43 Å². The molecule has 0 aliphatic heterocycles. The number of carbonyl (C=O) groups is 2. The van der Waals surface area contributed by atoms with Crippen molar-refractivity contribution in [3.63, 3.8) is 0 Å². The number of amides is 2. The molecule has 118 valence electrons. The smallest absolute Gasteiger partial charge is 0.271 e. The monoisotopic (exact) mass is 309 g/mol. The highest BCUT2D eigenvalue weighted by molar-refractivity contribution is 6.06. The molecule has 0 aliphatic rings. The van der Waals surface area contributed by atoms with E-state index in [4.69, 9.17) is 0 Å². The molecule has 23 heavy (non-hydrogen) atoms. The fraction of sp³-hybridized carbons (Fsp3) is 0.167. The molecular formula is C18H19N3O2. The van der Waals surface area contributed by atoms with Crippen molar-refractivity contribution in [1.82, 2.24) is 5.43 Å². The Morgan fingerprint density at radius 1 is 1.00 bits per heavy atom. The molecule has 0 aliphatic carbocycles. The van der Waals surface area contributed by atoms with Crippen LogP contribution in [-0.2, 0) is 4.79 Å². The Balaban J connectivity index is 1.88. The maximum atomic E-state index is 12.0. The Labute approximate surface area is 135 Å². The number of nitrogens with one attached hydrogen (secondary N) is 2. The van der Waals surface area contributed by atoms with E-state index in [1.807, 2.05) is 37.3 Å². The Morgan fingerprint density at radius 2 is 1.65 bits per heavy atom. The van der Waals surface area contributed by atoms with E-state index in [0.717, 1.165) is 11.3 Å². The number of para-hydroxylation sites is 1. The van der Waals surface area contributed by atoms with E-state index < -0.39 is 0 Å². The average Bonchev–Trinajstić information content (AvgIpc) is 2.55. The van der Waals surface area contributed by atoms with E-state index in [-0.39, 0.29) is 18.2 Å². The van der Waals surface area contributed by atoms with E-state index in [1.54, 1.807) is 31.2 Å². The number of aryl methyl sites for hydroxylation is 1. The number of anilines is 1. The van der Waals surface area contributed by atoms with Crippen LogP contribution in [0.1, 0.15) is 29.3 Å². The second-order valence-corrected chi connectivity index (χ2v) is 5.19. The third kappa shape index (κ3) is 5.07. The minimum absolute atomic E-state index is 0.114. The van der Waals surface area contributed by atoms with Gasteiger partial charge in [-0.1, -0.05) is 36.4 Å². The van der Waals surface area contributed by atoms with Gasteiger partial charge in [-0.2, -0.15) is 5.10 Å². The van der Waals surface area contributed by atoms with Crippen LogP contribution >= 0.6 is 0 Å². The van der Waals surface area contributed by atoms with Gasteiger partial charge in [0.15, 0.2) is 0 Å². The van der Waals surface area contributed by atoms with E-state index in [2.05, 4.69) is 15.8 Å². The summed E-state index contributed by atoms with van der Waals surface area (Å²) < 4.78 is 0. The first-order chi connectivity index (χ1) is 11.1. The van der Waals surface area contributed by atoms with Crippen LogP contribution in [0.4, 0.5) is 5.69 Å². The van der Waals surface area contributed by atoms with Crippen molar-refractivity contribution >= 4 is 23.2 Å². The second kappa shape index (κ2) is 7.89. The Morgan fingerprint density at radius 3 is 2.35 bits per heavy atom. The van der Waals surface area contributed by atoms with Crippen molar-refractivity contribution < 1.29 is 9.59 Å². The zero-order valence-electron chi connectivity index (χ0n) is 13.2. The highest BCUT2D eigenvalue weighted by atomic mass is 16.2. The fourth-order valence-corrected chi connectivity index (χ4v) is 1.98. The maximum absolute atomic E-state index is 12.0. The summed E-state index contributed by atoms with van der Waals surface area (Å²) >= 11 is 0. The minimum atomic E-state index is -0.302. The Hall–Kier alpha value is -2.95. The number of hydrogen-bond donors (Lipinski definition) is 2. The third-order valence-corrected chi connectivity index (χ3v) is 3.22. The number of carbonyl (C=O) groups excluding carboxylic acids is 2. The molecule has 0 aromatic heterocycles. The van der Waals surface area contributed by atoms with E-state index in [0.29, 0.717) is 11.3 Å². The normalized spacial score (nSPS) is 11.0. The van der Waals surface area contributed by atoms with Crippen LogP contribution in [0.25, 0.3) is 0 Å². The van der Waals surface area contributed by atoms with Gasteiger partial charge in [0.2, 0.25) is 5.91 Å². The van der Waals surface area contributed by atoms with Crippen LogP contribution in [0.15, 0.2) is 59.7 Å². The zero-order chi connectivity index (χ0) is 16.7. The summed E-state index contributed by atoms with van der Waals surface area (Å²) in [7, 11) is 0. The van der Waals surface area contributed by atoms with Gasteiger partial charge in [-0.3, -0.25) is 9.59 Å². The first-order valence-corrected chi connectivity index (χ1v) is 7.30. The Bertz CT molecular complexity index is 724. The van der Waals surface area contributed by atoms with Gasteiger partial charge in [0, 0.05) is 17.0 Å². The molecule has 2 amide bonds. The third-order valence-electron chi connectivity index (χ3n) is 3.22. The van der Waals surface area contributed by atoms with Gasteiger partial charge in [-0.05, 0) is 37.6 Å². The molecule has 2 N–H and O–H groups in total. The first kappa shape index (κ1) is 16.4. The van der Waals surface area contributed by atoms with Crippen LogP contribution < -0.4 is 10.7 Å². The summed E-state index contributed by atoms with van der Waals surface area (Å²) in [4.78, 5) is 23.8. The molecule has 0 heterocycles. The molecule has 0 radical (unpaired) electrons. The lowest BCUT2D eigenvalue weighted by Crippen LogP contribution is -2.21. The van der Waals surface area contributed by atoms with Crippen molar-refractivity contribution in [2.45, 2.75) is 20.3 Å². The average molecular weight is 309 g/mol. The summed E-state index contributed by atoms with van der Waals surface area (Å²) in [6.45, 7) is 3.62. The van der Waals surface area contributed by atoms with Crippen LogP contribution in [0.3, 0.4) is 0 Å². The number of rotatable bonds is 5. The first-order valence-electron chi connectivity index (χ1n) is 7.30. The molecular weight excluding hydrogens is 290 g/mol. The van der Waals surface area contributed by atoms with Crippen molar-refractivity contribution in [1.29, 1.82) is 0 Å². The molecule has 2 rings (SSSR count). The van der Waals surface area contributed by atoms with Gasteiger partial charge >= 0.3 is 0 Å². The SMILES string of the molecule is C/C(CC(=O)Nc1ccccc1C)=N\NC(=O)c1ccccc1. The largest absolute Gasteiger partial charge is 0.326 e. The van der Waals surface area contributed by atoms with Crippen LogP contribution in [0.2, 0.25) is 0 Å². The molecule has 0 fully saturated rings. The number of hydrazone groups is 1. The lowest BCUT2D eigenvalue weighted by atomic mass is 10.2. The van der Waals surface area contributed by atoms with Crippen LogP contribution in [-0.4, -0.2) is 17.5 Å². The summed E-state index contributed by atoms with van der Waals surface area (Å²) in [6, 6.07) is 16.3. The number of nitrogens with zero attached hydrogens (tertiary/aromatic N) is 1. The minimum Gasteiger partial charge on any atom is -0.326 e. The molecule has 0 saturated heterocycles. The van der Waals surface area contributed by atoms with Gasteiger partial charge in [0.25, 0.3) is 5.91 Å². The lowest BCUT2D eigenvalue weighted by molar-refractivity contribution is -0.115. The number of benzene rings is 2. The zero-order valence-corrected chi connectivity index (χ0v) is 13.2. The van der Waals surface area contributed by atoms with Gasteiger partial charge in [0.05, 0.1) is 6.42 Å². The van der Waals surface area contributed by atoms with E-state index in [1.165, 1.54) is 0 Å². The van der Waals surface area contributed by atoms with Crippen molar-refractivity contribution in [3.8, 4) is 0 Å². The highest BCUT2D eigenvalue weighted by Gasteiger charge is 2.07. The predicted molar refractivity (Wildman–Crippen MR) is 91.4 cm³/mol. The van der Waals surface area contributed by atoms with Crippen molar-refractivity contribution in [2.75, 3.05) is 5.32 Å². The van der Waals surface area contributed by atoms with E-state index in [9.17, 15) is 9.59 Å². The summed E-state index contributed by atoms with van der Waals surface area (Å²) in [5.41, 5.74) is 5.27. The molecule has 5 heteroatoms. The second-order valence-electron chi connectivity index (χ2n) is 5.19. The summed E-state index contributed by atoms with van der Waals surface area (Å²) in [5, 5.41) is 6.79. The standard InChI is InChI=1S/C18H19N3O2/c1-13-8-6-7-11-16(13)19-17(22)12-14(2)20-21-18(23)15-9-4-3-5-10-15/h3-11H,12H2,1-2H3,(H,19,22)(H,21,23)/b20-14+. The molecule has 0 spiro atoms. The summed E-state index contributed by atoms with van der Waals surface area (Å²) in [6.07, 6.45) is 0.114. The Kier molecular flexibility index (Phi) is 5.63. The van der Waals surface area contributed by atoms with Crippen molar-refractivity contribution in [3.05, 3.63) is 65.7 Å². The molecule has 0 saturated carbocycles.